The number of nitrogens with zero attached hydrogens (tertiary/aromatic N) is 4. The predicted molar refractivity (Wildman–Crippen MR) is 83.6 cm³/mol. The van der Waals surface area contributed by atoms with E-state index in [-0.39, 0.29) is 16.9 Å². The molecule has 0 aliphatic heterocycles. The maximum Gasteiger partial charge on any atom is 0.318 e. The van der Waals surface area contributed by atoms with Crippen LogP contribution in [0.5, 0.6) is 6.01 Å². The number of anilines is 2. The van der Waals surface area contributed by atoms with E-state index in [0.717, 1.165) is 0 Å². The monoisotopic (exact) mass is 318 g/mol. The quantitative estimate of drug-likeness (QED) is 0.814. The Labute approximate surface area is 133 Å². The van der Waals surface area contributed by atoms with E-state index < -0.39 is 0 Å². The molecule has 0 aliphatic carbocycles. The maximum atomic E-state index is 9.08. The molecule has 2 aromatic heterocycles. The zero-order chi connectivity index (χ0) is 16.1. The van der Waals surface area contributed by atoms with Crippen molar-refractivity contribution < 1.29 is 4.74 Å². The minimum Gasteiger partial charge on any atom is -0.464 e. The van der Waals surface area contributed by atoms with Crippen LogP contribution in [0.25, 0.3) is 0 Å². The van der Waals surface area contributed by atoms with Crippen molar-refractivity contribution in [2.24, 2.45) is 0 Å². The molecule has 0 atom stereocenters. The van der Waals surface area contributed by atoms with E-state index in [1.165, 1.54) is 0 Å². The summed E-state index contributed by atoms with van der Waals surface area (Å²) in [6.07, 6.45) is 0. The van der Waals surface area contributed by atoms with Crippen molar-refractivity contribution in [3.8, 4) is 12.1 Å². The van der Waals surface area contributed by atoms with Gasteiger partial charge in [0, 0.05) is 12.1 Å². The number of aromatic nitrogens is 3. The van der Waals surface area contributed by atoms with E-state index in [9.17, 15) is 0 Å². The molecule has 114 valence electrons. The molecule has 0 fully saturated rings. The van der Waals surface area contributed by atoms with Crippen LogP contribution < -0.4 is 15.8 Å². The summed E-state index contributed by atoms with van der Waals surface area (Å²) in [5.74, 6) is 0.454. The molecule has 2 heterocycles. The maximum absolute atomic E-state index is 9.08. The van der Waals surface area contributed by atoms with Crippen molar-refractivity contribution in [2.75, 3.05) is 17.7 Å². The summed E-state index contributed by atoms with van der Waals surface area (Å²) in [6, 6.07) is 5.62. The van der Waals surface area contributed by atoms with Crippen molar-refractivity contribution >= 4 is 23.1 Å². The molecular weight excluding hydrogens is 304 g/mol. The van der Waals surface area contributed by atoms with Crippen molar-refractivity contribution in [1.82, 2.24) is 15.0 Å². The van der Waals surface area contributed by atoms with Gasteiger partial charge in [-0.2, -0.15) is 15.2 Å². The van der Waals surface area contributed by atoms with Crippen molar-refractivity contribution in [3.63, 3.8) is 0 Å². The standard InChI is InChI=1S/C14H15ClN6O/c1-3-22-14-19-8(2)12(17)13(21-14)18-7-9-4-5-11(15)20-10(9)6-16/h4-5H,3,7,17H2,1-2H3,(H,18,19,21). The highest BCUT2D eigenvalue weighted by molar-refractivity contribution is 6.29. The summed E-state index contributed by atoms with van der Waals surface area (Å²) in [7, 11) is 0. The predicted octanol–water partition coefficient (Wildman–Crippen LogP) is 2.30. The van der Waals surface area contributed by atoms with Crippen LogP contribution in [0.15, 0.2) is 12.1 Å². The molecule has 0 aliphatic rings. The van der Waals surface area contributed by atoms with Crippen LogP contribution >= 0.6 is 11.6 Å². The van der Waals surface area contributed by atoms with Gasteiger partial charge in [-0.15, -0.1) is 0 Å². The Hall–Kier alpha value is -2.59. The Kier molecular flexibility index (Phi) is 4.96. The number of rotatable bonds is 5. The number of hydrogen-bond donors (Lipinski definition) is 2. The molecule has 0 radical (unpaired) electrons. The van der Waals surface area contributed by atoms with Crippen molar-refractivity contribution in [1.29, 1.82) is 5.26 Å². The van der Waals surface area contributed by atoms with Crippen molar-refractivity contribution in [3.05, 3.63) is 34.2 Å². The third kappa shape index (κ3) is 3.54. The van der Waals surface area contributed by atoms with Gasteiger partial charge in [-0.3, -0.25) is 0 Å². The van der Waals surface area contributed by atoms with E-state index in [0.29, 0.717) is 35.9 Å². The summed E-state index contributed by atoms with van der Waals surface area (Å²) < 4.78 is 5.30. The van der Waals surface area contributed by atoms with Gasteiger partial charge in [-0.1, -0.05) is 17.7 Å². The van der Waals surface area contributed by atoms with Crippen molar-refractivity contribution in [2.45, 2.75) is 20.4 Å². The highest BCUT2D eigenvalue weighted by Gasteiger charge is 2.11. The molecule has 0 saturated heterocycles. The molecule has 0 saturated carbocycles. The van der Waals surface area contributed by atoms with Gasteiger partial charge in [0.2, 0.25) is 0 Å². The van der Waals surface area contributed by atoms with Crippen LogP contribution in [-0.4, -0.2) is 21.6 Å². The number of nitriles is 1. The number of ether oxygens (including phenoxy) is 1. The molecule has 7 nitrogen and oxygen atoms in total. The Balaban J connectivity index is 2.23. The lowest BCUT2D eigenvalue weighted by Crippen LogP contribution is -2.10. The zero-order valence-electron chi connectivity index (χ0n) is 12.2. The van der Waals surface area contributed by atoms with Gasteiger partial charge in [-0.05, 0) is 19.9 Å². The first-order chi connectivity index (χ1) is 10.5. The summed E-state index contributed by atoms with van der Waals surface area (Å²) in [6.45, 7) is 4.41. The number of aryl methyl sites for hydroxylation is 1. The van der Waals surface area contributed by atoms with Gasteiger partial charge in [-0.25, -0.2) is 4.98 Å². The smallest absolute Gasteiger partial charge is 0.318 e. The van der Waals surface area contributed by atoms with E-state index in [1.54, 1.807) is 19.1 Å². The van der Waals surface area contributed by atoms with Crippen LogP contribution in [-0.2, 0) is 6.54 Å². The molecule has 0 unspecified atom stereocenters. The molecule has 0 amide bonds. The minimum atomic E-state index is 0.256. The van der Waals surface area contributed by atoms with Crippen LogP contribution in [0.3, 0.4) is 0 Å². The topological polar surface area (TPSA) is 110 Å². The Morgan fingerprint density at radius 1 is 1.36 bits per heavy atom. The zero-order valence-corrected chi connectivity index (χ0v) is 13.0. The molecular formula is C14H15ClN6O. The van der Waals surface area contributed by atoms with E-state index in [4.69, 9.17) is 27.3 Å². The first-order valence-corrected chi connectivity index (χ1v) is 6.99. The highest BCUT2D eigenvalue weighted by Crippen LogP contribution is 2.22. The Morgan fingerprint density at radius 2 is 2.14 bits per heavy atom. The second-order valence-electron chi connectivity index (χ2n) is 4.39. The van der Waals surface area contributed by atoms with Gasteiger partial charge in [0.15, 0.2) is 5.82 Å². The normalized spacial score (nSPS) is 10.1. The summed E-state index contributed by atoms with van der Waals surface area (Å²) in [5, 5.41) is 12.4. The fourth-order valence-corrected chi connectivity index (χ4v) is 1.91. The first kappa shape index (κ1) is 15.8. The molecule has 0 spiro atoms. The SMILES string of the molecule is CCOc1nc(C)c(N)c(NCc2ccc(Cl)nc2C#N)n1. The highest BCUT2D eigenvalue weighted by atomic mass is 35.5. The van der Waals surface area contributed by atoms with Crippen LogP contribution in [0.1, 0.15) is 23.9 Å². The Bertz CT molecular complexity index is 728. The van der Waals surface area contributed by atoms with Crippen LogP contribution in [0.4, 0.5) is 11.5 Å². The van der Waals surface area contributed by atoms with E-state index in [1.807, 2.05) is 13.0 Å². The minimum absolute atomic E-state index is 0.256. The molecule has 3 N–H and O–H groups in total. The molecule has 2 aromatic rings. The molecule has 8 heteroatoms. The first-order valence-electron chi connectivity index (χ1n) is 6.61. The van der Waals surface area contributed by atoms with Gasteiger partial charge >= 0.3 is 6.01 Å². The Morgan fingerprint density at radius 3 is 2.82 bits per heavy atom. The third-order valence-corrected chi connectivity index (χ3v) is 3.10. The van der Waals surface area contributed by atoms with Gasteiger partial charge in [0.1, 0.15) is 16.9 Å². The number of hydrogen-bond acceptors (Lipinski definition) is 7. The summed E-state index contributed by atoms with van der Waals surface area (Å²) in [4.78, 5) is 12.3. The lowest BCUT2D eigenvalue weighted by Gasteiger charge is -2.12. The van der Waals surface area contributed by atoms with E-state index >= 15 is 0 Å². The fraction of sp³-hybridized carbons (Fsp3) is 0.286. The average molecular weight is 319 g/mol. The number of nitrogens with two attached hydrogens (primary N) is 1. The number of halogens is 1. The molecule has 0 bridgehead atoms. The third-order valence-electron chi connectivity index (χ3n) is 2.89. The summed E-state index contributed by atoms with van der Waals surface area (Å²) >= 11 is 5.77. The number of pyridine rings is 1. The lowest BCUT2D eigenvalue weighted by atomic mass is 10.2. The van der Waals surface area contributed by atoms with Gasteiger partial charge < -0.3 is 15.8 Å². The summed E-state index contributed by atoms with van der Waals surface area (Å²) in [5.41, 5.74) is 7.97. The van der Waals surface area contributed by atoms with Crippen LogP contribution in [0.2, 0.25) is 5.15 Å². The van der Waals surface area contributed by atoms with Gasteiger partial charge in [0.25, 0.3) is 0 Å². The second-order valence-corrected chi connectivity index (χ2v) is 4.78. The molecule has 2 rings (SSSR count). The fourth-order valence-electron chi connectivity index (χ4n) is 1.77. The van der Waals surface area contributed by atoms with E-state index in [2.05, 4.69) is 20.3 Å². The second kappa shape index (κ2) is 6.91. The number of nitrogen functional groups attached to an aromatic ring is 1. The average Bonchev–Trinajstić information content (AvgIpc) is 2.50. The van der Waals surface area contributed by atoms with Gasteiger partial charge in [0.05, 0.1) is 18.0 Å². The molecule has 22 heavy (non-hydrogen) atoms. The largest absolute Gasteiger partial charge is 0.464 e. The molecule has 0 aromatic carbocycles. The lowest BCUT2D eigenvalue weighted by molar-refractivity contribution is 0.312. The van der Waals surface area contributed by atoms with Crippen LogP contribution in [0, 0.1) is 18.3 Å². The number of nitrogens with one attached hydrogen (secondary N) is 1.